The molecule has 0 heterocycles. The van der Waals surface area contributed by atoms with E-state index < -0.39 is 6.10 Å². The summed E-state index contributed by atoms with van der Waals surface area (Å²) >= 11 is 5.73. The minimum atomic E-state index is -0.642. The van der Waals surface area contributed by atoms with Crippen molar-refractivity contribution in [3.8, 4) is 0 Å². The van der Waals surface area contributed by atoms with Gasteiger partial charge in [0.25, 0.3) is 0 Å². The van der Waals surface area contributed by atoms with Crippen LogP contribution in [-0.4, -0.2) is 16.9 Å². The molecule has 2 N–H and O–H groups in total. The van der Waals surface area contributed by atoms with Gasteiger partial charge in [0.1, 0.15) is 0 Å². The molecule has 0 radical (unpaired) electrons. The molecule has 68 valence electrons. The van der Waals surface area contributed by atoms with Crippen molar-refractivity contribution in [1.29, 1.82) is 5.41 Å². The Hall–Kier alpha value is -0.600. The van der Waals surface area contributed by atoms with Crippen LogP contribution < -0.4 is 0 Å². The van der Waals surface area contributed by atoms with Gasteiger partial charge < -0.3 is 10.5 Å². The second-order valence-electron chi connectivity index (χ2n) is 2.57. The summed E-state index contributed by atoms with van der Waals surface area (Å²) in [6.07, 6.45) is 2.68. The molecule has 0 saturated carbocycles. The molecule has 0 aliphatic rings. The minimum absolute atomic E-state index is 0.338. The van der Waals surface area contributed by atoms with Crippen LogP contribution in [0.5, 0.6) is 0 Å². The summed E-state index contributed by atoms with van der Waals surface area (Å²) in [5.41, 5.74) is 0.892. The van der Waals surface area contributed by atoms with Gasteiger partial charge in [-0.3, -0.25) is 0 Å². The quantitative estimate of drug-likeness (QED) is 0.518. The third-order valence-electron chi connectivity index (χ3n) is 1.45. The van der Waals surface area contributed by atoms with Crippen LogP contribution in [0.15, 0.2) is 22.8 Å². The molecule has 1 unspecified atom stereocenters. The molecule has 0 fully saturated rings. The van der Waals surface area contributed by atoms with Crippen LogP contribution in [0.2, 0.25) is 0 Å². The van der Waals surface area contributed by atoms with Crippen molar-refractivity contribution in [2.75, 3.05) is 0 Å². The minimum Gasteiger partial charge on any atom is -0.389 e. The first-order valence-corrected chi connectivity index (χ1v) is 4.13. The van der Waals surface area contributed by atoms with E-state index >= 15 is 0 Å². The summed E-state index contributed by atoms with van der Waals surface area (Å²) in [6.45, 7) is 5.04. The van der Waals surface area contributed by atoms with Gasteiger partial charge in [-0.1, -0.05) is 17.7 Å². The summed E-state index contributed by atoms with van der Waals surface area (Å²) < 4.78 is 0. The Balaban J connectivity index is 4.74. The van der Waals surface area contributed by atoms with Gasteiger partial charge in [-0.05, 0) is 26.8 Å². The van der Waals surface area contributed by atoms with Gasteiger partial charge in [0.15, 0.2) is 0 Å². The van der Waals surface area contributed by atoms with Crippen LogP contribution in [0.3, 0.4) is 0 Å². The number of rotatable bonds is 3. The molecule has 3 heteroatoms. The lowest BCUT2D eigenvalue weighted by molar-refractivity contribution is 0.237. The van der Waals surface area contributed by atoms with E-state index in [1.807, 2.05) is 0 Å². The second kappa shape index (κ2) is 5.12. The largest absolute Gasteiger partial charge is 0.389 e. The maximum Gasteiger partial charge on any atom is 0.0779 e. The zero-order valence-electron chi connectivity index (χ0n) is 7.56. The van der Waals surface area contributed by atoms with E-state index in [1.165, 1.54) is 0 Å². The average molecular weight is 188 g/mol. The van der Waals surface area contributed by atoms with Gasteiger partial charge in [0.2, 0.25) is 0 Å². The summed E-state index contributed by atoms with van der Waals surface area (Å²) in [7, 11) is 0. The van der Waals surface area contributed by atoms with Crippen LogP contribution in [0, 0.1) is 5.41 Å². The SMILES string of the molecule is C/C=C(Cl)\C=C(/C(C)=N)C(C)O. The first-order valence-electron chi connectivity index (χ1n) is 3.76. The van der Waals surface area contributed by atoms with Crippen LogP contribution in [0.4, 0.5) is 0 Å². The van der Waals surface area contributed by atoms with Crippen LogP contribution in [0.25, 0.3) is 0 Å². The summed E-state index contributed by atoms with van der Waals surface area (Å²) in [4.78, 5) is 0. The third kappa shape index (κ3) is 3.69. The Labute approximate surface area is 78.1 Å². The van der Waals surface area contributed by atoms with Crippen molar-refractivity contribution in [2.45, 2.75) is 26.9 Å². The fourth-order valence-electron chi connectivity index (χ4n) is 0.774. The fraction of sp³-hybridized carbons (Fsp3) is 0.444. The maximum atomic E-state index is 9.23. The summed E-state index contributed by atoms with van der Waals surface area (Å²) in [5, 5.41) is 17.1. The van der Waals surface area contributed by atoms with Gasteiger partial charge in [-0.25, -0.2) is 0 Å². The highest BCUT2D eigenvalue weighted by Crippen LogP contribution is 2.11. The van der Waals surface area contributed by atoms with Gasteiger partial charge in [-0.2, -0.15) is 0 Å². The Kier molecular flexibility index (Phi) is 4.86. The molecule has 0 rings (SSSR count). The topological polar surface area (TPSA) is 44.1 Å². The Bertz CT molecular complexity index is 229. The van der Waals surface area contributed by atoms with Gasteiger partial charge in [-0.15, -0.1) is 0 Å². The molecule has 0 saturated heterocycles. The second-order valence-corrected chi connectivity index (χ2v) is 3.01. The van der Waals surface area contributed by atoms with Crippen molar-refractivity contribution in [2.24, 2.45) is 0 Å². The first-order chi connectivity index (χ1) is 5.49. The van der Waals surface area contributed by atoms with E-state index in [0.29, 0.717) is 16.3 Å². The molecule has 2 nitrogen and oxygen atoms in total. The predicted molar refractivity (Wildman–Crippen MR) is 52.8 cm³/mol. The molecular formula is C9H14ClNO. The van der Waals surface area contributed by atoms with E-state index in [9.17, 15) is 5.11 Å². The number of allylic oxidation sites excluding steroid dienone is 3. The zero-order valence-corrected chi connectivity index (χ0v) is 8.31. The number of nitrogens with one attached hydrogen (secondary N) is 1. The highest BCUT2D eigenvalue weighted by molar-refractivity contribution is 6.31. The fourth-order valence-corrected chi connectivity index (χ4v) is 0.892. The summed E-state index contributed by atoms with van der Waals surface area (Å²) in [6, 6.07) is 0. The number of aliphatic hydroxyl groups excluding tert-OH is 1. The lowest BCUT2D eigenvalue weighted by Crippen LogP contribution is -2.11. The molecule has 0 amide bonds. The van der Waals surface area contributed by atoms with E-state index in [2.05, 4.69) is 0 Å². The number of aliphatic hydroxyl groups is 1. The van der Waals surface area contributed by atoms with Crippen molar-refractivity contribution in [3.63, 3.8) is 0 Å². The standard InChI is InChI=1S/C9H14ClNO/c1-4-8(10)5-9(6(2)11)7(3)12/h4-5,7,11-12H,1-3H3/b8-4+,9-5+,11-6?. The molecule has 0 aliphatic heterocycles. The van der Waals surface area contributed by atoms with Crippen LogP contribution in [0.1, 0.15) is 20.8 Å². The Morgan fingerprint density at radius 3 is 2.33 bits per heavy atom. The van der Waals surface area contributed by atoms with Crippen molar-refractivity contribution in [3.05, 3.63) is 22.8 Å². The average Bonchev–Trinajstić information content (AvgIpc) is 1.98. The normalized spacial score (nSPS) is 16.1. The Morgan fingerprint density at radius 2 is 2.08 bits per heavy atom. The predicted octanol–water partition coefficient (Wildman–Crippen LogP) is 2.48. The van der Waals surface area contributed by atoms with Crippen LogP contribution in [-0.2, 0) is 0 Å². The third-order valence-corrected chi connectivity index (χ3v) is 1.78. The molecular weight excluding hydrogens is 174 g/mol. The van der Waals surface area contributed by atoms with E-state index in [-0.39, 0.29) is 0 Å². The van der Waals surface area contributed by atoms with Crippen molar-refractivity contribution < 1.29 is 5.11 Å². The summed E-state index contributed by atoms with van der Waals surface area (Å²) in [5.74, 6) is 0. The molecule has 0 aromatic carbocycles. The van der Waals surface area contributed by atoms with Gasteiger partial charge >= 0.3 is 0 Å². The van der Waals surface area contributed by atoms with Crippen LogP contribution >= 0.6 is 11.6 Å². The smallest absolute Gasteiger partial charge is 0.0779 e. The number of hydrogen-bond donors (Lipinski definition) is 2. The molecule has 0 bridgehead atoms. The highest BCUT2D eigenvalue weighted by atomic mass is 35.5. The van der Waals surface area contributed by atoms with Gasteiger partial charge in [0, 0.05) is 16.3 Å². The Morgan fingerprint density at radius 1 is 1.58 bits per heavy atom. The molecule has 0 aromatic rings. The zero-order chi connectivity index (χ0) is 9.72. The van der Waals surface area contributed by atoms with E-state index in [1.54, 1.807) is 32.9 Å². The lowest BCUT2D eigenvalue weighted by Gasteiger charge is -2.07. The molecule has 0 aliphatic carbocycles. The maximum absolute atomic E-state index is 9.23. The van der Waals surface area contributed by atoms with E-state index in [0.717, 1.165) is 0 Å². The van der Waals surface area contributed by atoms with Crippen molar-refractivity contribution in [1.82, 2.24) is 0 Å². The highest BCUT2D eigenvalue weighted by Gasteiger charge is 2.06. The molecule has 0 spiro atoms. The monoisotopic (exact) mass is 187 g/mol. The van der Waals surface area contributed by atoms with E-state index in [4.69, 9.17) is 17.0 Å². The number of hydrogen-bond acceptors (Lipinski definition) is 2. The molecule has 1 atom stereocenters. The molecule has 0 aromatic heterocycles. The van der Waals surface area contributed by atoms with Gasteiger partial charge in [0.05, 0.1) is 6.10 Å². The molecule has 12 heavy (non-hydrogen) atoms. The lowest BCUT2D eigenvalue weighted by atomic mass is 10.1. The number of halogens is 1. The first kappa shape index (κ1) is 11.4. The van der Waals surface area contributed by atoms with Crippen molar-refractivity contribution >= 4 is 17.3 Å².